The maximum atomic E-state index is 6.49. The summed E-state index contributed by atoms with van der Waals surface area (Å²) in [6, 6.07) is 6.99. The number of nitrogens with one attached hydrogen (secondary N) is 1. The fourth-order valence-electron chi connectivity index (χ4n) is 2.50. The van der Waals surface area contributed by atoms with Gasteiger partial charge in [0.25, 0.3) is 0 Å². The number of aryl methyl sites for hydroxylation is 3. The van der Waals surface area contributed by atoms with E-state index >= 15 is 0 Å². The highest BCUT2D eigenvalue weighted by atomic mass is 35.5. The van der Waals surface area contributed by atoms with Crippen LogP contribution in [0.25, 0.3) is 0 Å². The van der Waals surface area contributed by atoms with Gasteiger partial charge >= 0.3 is 0 Å². The van der Waals surface area contributed by atoms with Crippen LogP contribution in [0.15, 0.2) is 23.6 Å². The zero-order valence-corrected chi connectivity index (χ0v) is 14.9. The van der Waals surface area contributed by atoms with E-state index in [0.717, 1.165) is 24.4 Å². The van der Waals surface area contributed by atoms with Crippen molar-refractivity contribution in [2.75, 3.05) is 6.54 Å². The van der Waals surface area contributed by atoms with Gasteiger partial charge in [0.15, 0.2) is 0 Å². The summed E-state index contributed by atoms with van der Waals surface area (Å²) in [5, 5.41) is 6.74. The summed E-state index contributed by atoms with van der Waals surface area (Å²) in [5.41, 5.74) is 5.26. The summed E-state index contributed by atoms with van der Waals surface area (Å²) in [6.07, 6.45) is 2.12. The molecule has 1 atom stereocenters. The van der Waals surface area contributed by atoms with E-state index in [1.165, 1.54) is 27.1 Å². The van der Waals surface area contributed by atoms with Crippen LogP contribution in [-0.2, 0) is 6.42 Å². The first-order chi connectivity index (χ1) is 10.0. The van der Waals surface area contributed by atoms with Crippen molar-refractivity contribution >= 4 is 22.9 Å². The molecule has 1 heterocycles. The quantitative estimate of drug-likeness (QED) is 0.729. The maximum Gasteiger partial charge on any atom is 0.0590 e. The van der Waals surface area contributed by atoms with Gasteiger partial charge in [-0.3, -0.25) is 0 Å². The van der Waals surface area contributed by atoms with E-state index < -0.39 is 0 Å². The van der Waals surface area contributed by atoms with Crippen LogP contribution in [0, 0.1) is 20.8 Å². The number of rotatable bonds is 6. The predicted octanol–water partition coefficient (Wildman–Crippen LogP) is 5.61. The SMILES string of the molecule is CCCNC(Cc1cc(C)ccc1C)c1scc(C)c1Cl. The normalized spacial score (nSPS) is 12.6. The average molecular weight is 322 g/mol. The van der Waals surface area contributed by atoms with Crippen LogP contribution in [-0.4, -0.2) is 6.54 Å². The Morgan fingerprint density at radius 3 is 2.57 bits per heavy atom. The Labute approximate surface area is 137 Å². The van der Waals surface area contributed by atoms with Crippen molar-refractivity contribution in [1.29, 1.82) is 0 Å². The first kappa shape index (κ1) is 16.5. The number of hydrogen-bond donors (Lipinski definition) is 1. The topological polar surface area (TPSA) is 12.0 Å². The van der Waals surface area contributed by atoms with Gasteiger partial charge in [0.05, 0.1) is 5.02 Å². The minimum atomic E-state index is 0.302. The highest BCUT2D eigenvalue weighted by Crippen LogP contribution is 2.34. The highest BCUT2D eigenvalue weighted by molar-refractivity contribution is 7.10. The second-order valence-corrected chi connectivity index (χ2v) is 7.03. The fourth-order valence-corrected chi connectivity index (χ4v) is 3.90. The Morgan fingerprint density at radius 1 is 1.19 bits per heavy atom. The number of thiophene rings is 1. The van der Waals surface area contributed by atoms with Crippen molar-refractivity contribution in [3.8, 4) is 0 Å². The molecule has 2 aromatic rings. The smallest absolute Gasteiger partial charge is 0.0590 e. The highest BCUT2D eigenvalue weighted by Gasteiger charge is 2.18. The Bertz CT molecular complexity index is 603. The van der Waals surface area contributed by atoms with Crippen LogP contribution in [0.1, 0.15) is 46.5 Å². The molecule has 114 valence electrons. The predicted molar refractivity (Wildman–Crippen MR) is 94.7 cm³/mol. The zero-order chi connectivity index (χ0) is 15.4. The summed E-state index contributed by atoms with van der Waals surface area (Å²) >= 11 is 8.26. The Morgan fingerprint density at radius 2 is 1.95 bits per heavy atom. The molecule has 2 rings (SSSR count). The molecule has 1 N–H and O–H groups in total. The minimum Gasteiger partial charge on any atom is -0.309 e. The van der Waals surface area contributed by atoms with Crippen molar-refractivity contribution in [2.24, 2.45) is 0 Å². The molecule has 3 heteroatoms. The molecule has 0 radical (unpaired) electrons. The third-order valence-electron chi connectivity index (χ3n) is 3.81. The lowest BCUT2D eigenvalue weighted by Crippen LogP contribution is -2.24. The molecule has 1 aromatic heterocycles. The van der Waals surface area contributed by atoms with E-state index in [9.17, 15) is 0 Å². The molecule has 0 bridgehead atoms. The van der Waals surface area contributed by atoms with Crippen LogP contribution < -0.4 is 5.32 Å². The van der Waals surface area contributed by atoms with Gasteiger partial charge in [-0.25, -0.2) is 0 Å². The van der Waals surface area contributed by atoms with E-state index in [1.807, 2.05) is 0 Å². The second kappa shape index (κ2) is 7.44. The largest absolute Gasteiger partial charge is 0.309 e. The third-order valence-corrected chi connectivity index (χ3v) is 5.64. The molecule has 1 aromatic carbocycles. The molecule has 0 spiro atoms. The van der Waals surface area contributed by atoms with Crippen LogP contribution in [0.5, 0.6) is 0 Å². The van der Waals surface area contributed by atoms with Gasteiger partial charge in [0, 0.05) is 10.9 Å². The molecule has 0 amide bonds. The van der Waals surface area contributed by atoms with Gasteiger partial charge in [-0.05, 0) is 62.2 Å². The minimum absolute atomic E-state index is 0.302. The molecule has 1 nitrogen and oxygen atoms in total. The maximum absolute atomic E-state index is 6.49. The van der Waals surface area contributed by atoms with Gasteiger partial charge in [-0.2, -0.15) is 0 Å². The van der Waals surface area contributed by atoms with Crippen molar-refractivity contribution in [1.82, 2.24) is 5.32 Å². The first-order valence-electron chi connectivity index (χ1n) is 7.56. The van der Waals surface area contributed by atoms with Crippen molar-refractivity contribution in [2.45, 2.75) is 46.6 Å². The summed E-state index contributed by atoms with van der Waals surface area (Å²) < 4.78 is 0. The van der Waals surface area contributed by atoms with Gasteiger partial charge in [-0.15, -0.1) is 11.3 Å². The van der Waals surface area contributed by atoms with Gasteiger partial charge in [0.2, 0.25) is 0 Å². The molecule has 0 aliphatic heterocycles. The van der Waals surface area contributed by atoms with Crippen LogP contribution >= 0.6 is 22.9 Å². The molecule has 0 saturated carbocycles. The van der Waals surface area contributed by atoms with E-state index in [0.29, 0.717) is 6.04 Å². The average Bonchev–Trinajstić information content (AvgIpc) is 2.79. The van der Waals surface area contributed by atoms with Crippen molar-refractivity contribution in [3.63, 3.8) is 0 Å². The summed E-state index contributed by atoms with van der Waals surface area (Å²) in [5.74, 6) is 0. The number of benzene rings is 1. The number of halogens is 1. The van der Waals surface area contributed by atoms with Gasteiger partial charge in [0.1, 0.15) is 0 Å². The molecule has 0 fully saturated rings. The summed E-state index contributed by atoms with van der Waals surface area (Å²) in [6.45, 7) is 9.63. The molecular weight excluding hydrogens is 298 g/mol. The number of hydrogen-bond acceptors (Lipinski definition) is 2. The monoisotopic (exact) mass is 321 g/mol. The Hall–Kier alpha value is -0.830. The van der Waals surface area contributed by atoms with Gasteiger partial charge in [-0.1, -0.05) is 42.3 Å². The van der Waals surface area contributed by atoms with Crippen molar-refractivity contribution in [3.05, 3.63) is 55.7 Å². The molecule has 0 aliphatic carbocycles. The van der Waals surface area contributed by atoms with Crippen LogP contribution in [0.2, 0.25) is 5.02 Å². The molecule has 0 saturated heterocycles. The van der Waals surface area contributed by atoms with E-state index in [1.54, 1.807) is 11.3 Å². The van der Waals surface area contributed by atoms with E-state index in [2.05, 4.69) is 56.6 Å². The Balaban J connectivity index is 2.28. The van der Waals surface area contributed by atoms with E-state index in [4.69, 9.17) is 11.6 Å². The molecule has 21 heavy (non-hydrogen) atoms. The van der Waals surface area contributed by atoms with Crippen LogP contribution in [0.4, 0.5) is 0 Å². The summed E-state index contributed by atoms with van der Waals surface area (Å²) in [7, 11) is 0. The third kappa shape index (κ3) is 4.09. The van der Waals surface area contributed by atoms with Crippen LogP contribution in [0.3, 0.4) is 0 Å². The molecular formula is C18H24ClNS. The fraction of sp³-hybridized carbons (Fsp3) is 0.444. The second-order valence-electron chi connectivity index (χ2n) is 5.74. The lowest BCUT2D eigenvalue weighted by molar-refractivity contribution is 0.535. The van der Waals surface area contributed by atoms with Crippen molar-refractivity contribution < 1.29 is 0 Å². The standard InChI is InChI=1S/C18H24ClNS/c1-5-8-20-16(18-17(19)14(4)11-21-18)10-15-9-12(2)6-7-13(15)3/h6-7,9,11,16,20H,5,8,10H2,1-4H3. The molecule has 0 aliphatic rings. The lowest BCUT2D eigenvalue weighted by Gasteiger charge is -2.19. The first-order valence-corrected chi connectivity index (χ1v) is 8.81. The summed E-state index contributed by atoms with van der Waals surface area (Å²) in [4.78, 5) is 1.27. The van der Waals surface area contributed by atoms with Gasteiger partial charge < -0.3 is 5.32 Å². The lowest BCUT2D eigenvalue weighted by atomic mass is 9.98. The molecule has 1 unspecified atom stereocenters. The van der Waals surface area contributed by atoms with E-state index in [-0.39, 0.29) is 0 Å². The zero-order valence-electron chi connectivity index (χ0n) is 13.3. The Kier molecular flexibility index (Phi) is 5.86.